The molecule has 4 unspecified atom stereocenters. The topological polar surface area (TPSA) is 204 Å². The highest BCUT2D eigenvalue weighted by Gasteiger charge is 2.30. The molecule has 0 aliphatic heterocycles. The van der Waals surface area contributed by atoms with Crippen LogP contribution in [0.1, 0.15) is 32.8 Å². The summed E-state index contributed by atoms with van der Waals surface area (Å²) in [4.78, 5) is 63.5. The van der Waals surface area contributed by atoms with Crippen LogP contribution in [0.5, 0.6) is 0 Å². The molecule has 0 saturated carbocycles. The summed E-state index contributed by atoms with van der Waals surface area (Å²) in [5.74, 6) is -5.21. The van der Waals surface area contributed by atoms with E-state index in [1.165, 1.54) is 6.92 Å². The highest BCUT2D eigenvalue weighted by atomic mass is 16.4. The van der Waals surface area contributed by atoms with Gasteiger partial charge in [-0.1, -0.05) is 32.0 Å². The molecule has 0 spiro atoms. The van der Waals surface area contributed by atoms with E-state index in [0.29, 0.717) is 5.56 Å². The van der Waals surface area contributed by atoms with Crippen molar-refractivity contribution in [2.75, 3.05) is 0 Å². The molecule has 0 aliphatic rings. The molecule has 8 N–H and O–H groups in total. The largest absolute Gasteiger partial charge is 0.481 e. The number of H-pyrrole nitrogens is 1. The molecule has 2 rings (SSSR count). The summed E-state index contributed by atoms with van der Waals surface area (Å²) >= 11 is 0. The fraction of sp³-hybridized carbons (Fsp3) is 0.435. The average Bonchev–Trinajstić information content (AvgIpc) is 3.19. The molecule has 0 aliphatic carbocycles. The van der Waals surface area contributed by atoms with Crippen LogP contribution in [0.25, 0.3) is 10.9 Å². The minimum atomic E-state index is -1.69. The second-order valence-corrected chi connectivity index (χ2v) is 8.62. The molecule has 1 aromatic carbocycles. The van der Waals surface area contributed by atoms with Crippen LogP contribution >= 0.6 is 0 Å². The van der Waals surface area contributed by atoms with E-state index in [-0.39, 0.29) is 12.3 Å². The Morgan fingerprint density at radius 1 is 0.914 bits per heavy atom. The summed E-state index contributed by atoms with van der Waals surface area (Å²) in [5, 5.41) is 26.2. The number of carboxylic acids is 2. The number of benzene rings is 1. The van der Waals surface area contributed by atoms with Crippen molar-refractivity contribution in [1.82, 2.24) is 20.9 Å². The summed E-state index contributed by atoms with van der Waals surface area (Å²) < 4.78 is 0. The maximum atomic E-state index is 13.0. The molecule has 2 aromatic rings. The molecular formula is C23H31N5O7. The third-order valence-electron chi connectivity index (χ3n) is 5.50. The molecule has 4 atom stereocenters. The Kier molecular flexibility index (Phi) is 9.34. The normalized spacial score (nSPS) is 14.5. The minimum absolute atomic E-state index is 0.0207. The van der Waals surface area contributed by atoms with Gasteiger partial charge in [-0.05, 0) is 24.5 Å². The number of carbonyl (C=O) groups excluding carboxylic acids is 3. The summed E-state index contributed by atoms with van der Waals surface area (Å²) in [6.07, 6.45) is 0.803. The zero-order valence-electron chi connectivity index (χ0n) is 19.7. The van der Waals surface area contributed by atoms with Crippen LogP contribution in [0.4, 0.5) is 0 Å². The number of aromatic amines is 1. The summed E-state index contributed by atoms with van der Waals surface area (Å²) in [6, 6.07) is 2.45. The van der Waals surface area contributed by atoms with Crippen molar-refractivity contribution >= 4 is 40.6 Å². The van der Waals surface area contributed by atoms with Crippen molar-refractivity contribution in [3.63, 3.8) is 0 Å². The lowest BCUT2D eigenvalue weighted by molar-refractivity contribution is -0.147. The van der Waals surface area contributed by atoms with Gasteiger partial charge in [0.1, 0.15) is 18.1 Å². The summed E-state index contributed by atoms with van der Waals surface area (Å²) in [7, 11) is 0. The monoisotopic (exact) mass is 489 g/mol. The van der Waals surface area contributed by atoms with E-state index in [9.17, 15) is 29.1 Å². The number of aromatic nitrogens is 1. The fourth-order valence-electron chi connectivity index (χ4n) is 3.35. The van der Waals surface area contributed by atoms with Gasteiger partial charge >= 0.3 is 11.9 Å². The van der Waals surface area contributed by atoms with Crippen LogP contribution in [0.15, 0.2) is 30.5 Å². The molecule has 190 valence electrons. The van der Waals surface area contributed by atoms with Crippen LogP contribution in [-0.4, -0.2) is 69.0 Å². The maximum absolute atomic E-state index is 13.0. The second kappa shape index (κ2) is 12.0. The van der Waals surface area contributed by atoms with Crippen molar-refractivity contribution in [2.24, 2.45) is 11.7 Å². The number of aliphatic carboxylic acids is 2. The molecule has 12 nitrogen and oxygen atoms in total. The molecule has 12 heteroatoms. The molecule has 0 saturated heterocycles. The standard InChI is InChI=1S/C23H31N5O7/c1-11(2)19(24)22(33)26-12(3)20(31)27-16(21(32)28-17(23(34)35)9-18(29)30)8-13-10-25-15-7-5-4-6-14(13)15/h4-7,10-12,16-17,19,25H,8-9,24H2,1-3H3,(H,26,33)(H,27,31)(H,28,32)(H,29,30)(H,34,35). The number of para-hydroxylation sites is 1. The first-order chi connectivity index (χ1) is 16.4. The number of carboxylic acid groups (broad SMARTS) is 2. The van der Waals surface area contributed by atoms with E-state index in [1.54, 1.807) is 26.1 Å². The first-order valence-electron chi connectivity index (χ1n) is 11.1. The Morgan fingerprint density at radius 3 is 2.14 bits per heavy atom. The number of rotatable bonds is 12. The zero-order chi connectivity index (χ0) is 26.3. The van der Waals surface area contributed by atoms with E-state index in [4.69, 9.17) is 10.8 Å². The van der Waals surface area contributed by atoms with Gasteiger partial charge in [0.25, 0.3) is 0 Å². The molecule has 0 radical (unpaired) electrons. The highest BCUT2D eigenvalue weighted by molar-refractivity contribution is 5.95. The zero-order valence-corrected chi connectivity index (χ0v) is 19.7. The van der Waals surface area contributed by atoms with Crippen LogP contribution in [0.2, 0.25) is 0 Å². The number of nitrogens with two attached hydrogens (primary N) is 1. The average molecular weight is 490 g/mol. The van der Waals surface area contributed by atoms with Gasteiger partial charge in [0.15, 0.2) is 0 Å². The molecule has 0 bridgehead atoms. The first-order valence-corrected chi connectivity index (χ1v) is 11.1. The third-order valence-corrected chi connectivity index (χ3v) is 5.50. The van der Waals surface area contributed by atoms with E-state index in [0.717, 1.165) is 10.9 Å². The quantitative estimate of drug-likeness (QED) is 0.211. The van der Waals surface area contributed by atoms with Crippen LogP contribution in [0.3, 0.4) is 0 Å². The Morgan fingerprint density at radius 2 is 1.54 bits per heavy atom. The van der Waals surface area contributed by atoms with Crippen LogP contribution in [-0.2, 0) is 30.4 Å². The summed E-state index contributed by atoms with van der Waals surface area (Å²) in [6.45, 7) is 4.94. The van der Waals surface area contributed by atoms with Gasteiger partial charge in [-0.25, -0.2) is 4.79 Å². The Bertz CT molecular complexity index is 1100. The van der Waals surface area contributed by atoms with Crippen LogP contribution < -0.4 is 21.7 Å². The Balaban J connectivity index is 2.24. The van der Waals surface area contributed by atoms with Gasteiger partial charge in [-0.15, -0.1) is 0 Å². The number of carbonyl (C=O) groups is 5. The second-order valence-electron chi connectivity index (χ2n) is 8.62. The Labute approximate surface area is 201 Å². The van der Waals surface area contributed by atoms with E-state index >= 15 is 0 Å². The van der Waals surface area contributed by atoms with Gasteiger partial charge in [-0.3, -0.25) is 19.2 Å². The van der Waals surface area contributed by atoms with Crippen molar-refractivity contribution in [2.45, 2.75) is 57.8 Å². The first kappa shape index (κ1) is 27.3. The van der Waals surface area contributed by atoms with Crippen molar-refractivity contribution in [3.05, 3.63) is 36.0 Å². The van der Waals surface area contributed by atoms with Crippen LogP contribution in [0, 0.1) is 5.92 Å². The maximum Gasteiger partial charge on any atom is 0.326 e. The lowest BCUT2D eigenvalue weighted by atomic mass is 10.0. The van der Waals surface area contributed by atoms with Crippen molar-refractivity contribution < 1.29 is 34.2 Å². The highest BCUT2D eigenvalue weighted by Crippen LogP contribution is 2.19. The lowest BCUT2D eigenvalue weighted by Gasteiger charge is -2.24. The van der Waals surface area contributed by atoms with Crippen molar-refractivity contribution in [3.8, 4) is 0 Å². The van der Waals surface area contributed by atoms with Gasteiger partial charge in [-0.2, -0.15) is 0 Å². The fourth-order valence-corrected chi connectivity index (χ4v) is 3.35. The van der Waals surface area contributed by atoms with Gasteiger partial charge in [0, 0.05) is 23.5 Å². The Hall–Kier alpha value is -3.93. The number of hydrogen-bond donors (Lipinski definition) is 7. The van der Waals surface area contributed by atoms with Crippen molar-refractivity contribution in [1.29, 1.82) is 0 Å². The molecular weight excluding hydrogens is 458 g/mol. The number of amides is 3. The molecule has 0 fully saturated rings. The smallest absolute Gasteiger partial charge is 0.326 e. The van der Waals surface area contributed by atoms with E-state index in [1.807, 2.05) is 18.2 Å². The predicted octanol–water partition coefficient (Wildman–Crippen LogP) is -0.273. The molecule has 1 heterocycles. The van der Waals surface area contributed by atoms with Gasteiger partial charge in [0.2, 0.25) is 17.7 Å². The number of nitrogens with one attached hydrogen (secondary N) is 4. The number of fused-ring (bicyclic) bond motifs is 1. The number of hydrogen-bond acceptors (Lipinski definition) is 6. The third kappa shape index (κ3) is 7.54. The SMILES string of the molecule is CC(NC(=O)C(N)C(C)C)C(=O)NC(Cc1c[nH]c2ccccc12)C(=O)NC(CC(=O)O)C(=O)O. The molecule has 35 heavy (non-hydrogen) atoms. The summed E-state index contributed by atoms with van der Waals surface area (Å²) in [5.41, 5.74) is 7.28. The van der Waals surface area contributed by atoms with Gasteiger partial charge < -0.3 is 36.9 Å². The molecule has 1 aromatic heterocycles. The van der Waals surface area contributed by atoms with E-state index in [2.05, 4.69) is 20.9 Å². The minimum Gasteiger partial charge on any atom is -0.481 e. The predicted molar refractivity (Wildman–Crippen MR) is 126 cm³/mol. The lowest BCUT2D eigenvalue weighted by Crippen LogP contribution is -2.57. The molecule has 3 amide bonds. The van der Waals surface area contributed by atoms with Gasteiger partial charge in [0.05, 0.1) is 12.5 Å². The van der Waals surface area contributed by atoms with E-state index < -0.39 is 60.2 Å².